The van der Waals surface area contributed by atoms with Crippen LogP contribution in [0, 0.1) is 5.92 Å². The van der Waals surface area contributed by atoms with E-state index >= 15 is 0 Å². The first kappa shape index (κ1) is 22.7. The largest absolute Gasteiger partial charge is 0.339 e. The van der Waals surface area contributed by atoms with Gasteiger partial charge in [0.1, 0.15) is 5.01 Å². The van der Waals surface area contributed by atoms with Gasteiger partial charge in [-0.05, 0) is 30.9 Å². The lowest BCUT2D eigenvalue weighted by molar-refractivity contribution is -0.135. The summed E-state index contributed by atoms with van der Waals surface area (Å²) >= 11 is 7.24. The number of hydrogen-bond acceptors (Lipinski definition) is 5. The summed E-state index contributed by atoms with van der Waals surface area (Å²) in [5.41, 5.74) is 0.903. The Morgan fingerprint density at radius 3 is 2.53 bits per heavy atom. The fourth-order valence-electron chi connectivity index (χ4n) is 3.76. The zero-order valence-electron chi connectivity index (χ0n) is 17.6. The number of amides is 2. The Morgan fingerprint density at radius 2 is 1.87 bits per heavy atom. The van der Waals surface area contributed by atoms with E-state index in [0.717, 1.165) is 36.3 Å². The van der Waals surface area contributed by atoms with E-state index in [1.807, 2.05) is 17.0 Å². The maximum absolute atomic E-state index is 12.8. The number of carbonyl (C=O) groups is 2. The van der Waals surface area contributed by atoms with Crippen LogP contribution in [-0.2, 0) is 9.59 Å². The van der Waals surface area contributed by atoms with Crippen molar-refractivity contribution in [3.8, 4) is 10.6 Å². The number of aromatic nitrogens is 2. The van der Waals surface area contributed by atoms with E-state index in [9.17, 15) is 9.59 Å². The molecule has 8 heteroatoms. The molecule has 1 aliphatic rings. The smallest absolute Gasteiger partial charge is 0.227 e. The second kappa shape index (κ2) is 10.9. The minimum Gasteiger partial charge on any atom is -0.339 e. The summed E-state index contributed by atoms with van der Waals surface area (Å²) < 4.78 is 0. The molecule has 1 aliphatic carbocycles. The lowest BCUT2D eigenvalue weighted by atomic mass is 9.93. The van der Waals surface area contributed by atoms with Crippen LogP contribution in [0.5, 0.6) is 0 Å². The summed E-state index contributed by atoms with van der Waals surface area (Å²) in [7, 11) is 0. The summed E-state index contributed by atoms with van der Waals surface area (Å²) in [5.74, 6) is 0.322. The van der Waals surface area contributed by atoms with Crippen LogP contribution in [0.2, 0.25) is 5.02 Å². The summed E-state index contributed by atoms with van der Waals surface area (Å²) in [6.07, 6.45) is 6.39. The third-order valence-corrected chi connectivity index (χ3v) is 6.40. The molecule has 1 saturated carbocycles. The second-order valence-corrected chi connectivity index (χ2v) is 9.61. The van der Waals surface area contributed by atoms with E-state index in [1.54, 1.807) is 12.1 Å². The molecule has 0 saturated heterocycles. The highest BCUT2D eigenvalue weighted by molar-refractivity contribution is 7.18. The van der Waals surface area contributed by atoms with Crippen molar-refractivity contribution in [1.29, 1.82) is 0 Å². The number of carbonyl (C=O) groups excluding carboxylic acids is 2. The molecular weight excluding hydrogens is 420 g/mol. The van der Waals surface area contributed by atoms with E-state index in [4.69, 9.17) is 11.6 Å². The van der Waals surface area contributed by atoms with Crippen LogP contribution < -0.4 is 5.32 Å². The van der Waals surface area contributed by atoms with Crippen LogP contribution in [0.4, 0.5) is 5.13 Å². The number of nitrogens with zero attached hydrogens (tertiary/aromatic N) is 3. The Labute approximate surface area is 187 Å². The SMILES string of the molecule is CC(C)CC(=O)N(CCC(=O)Nc1nnc(-c2ccc(Cl)cc2)s1)C1CCCCC1. The van der Waals surface area contributed by atoms with Gasteiger partial charge in [0.15, 0.2) is 0 Å². The van der Waals surface area contributed by atoms with Crippen LogP contribution in [-0.4, -0.2) is 39.5 Å². The number of hydrogen-bond donors (Lipinski definition) is 1. The molecule has 1 heterocycles. The van der Waals surface area contributed by atoms with Crippen molar-refractivity contribution in [2.45, 2.75) is 64.8 Å². The molecule has 6 nitrogen and oxygen atoms in total. The molecular formula is C22H29ClN4O2S. The van der Waals surface area contributed by atoms with Crippen molar-refractivity contribution in [3.05, 3.63) is 29.3 Å². The van der Waals surface area contributed by atoms with Gasteiger partial charge in [-0.1, -0.05) is 68.2 Å². The molecule has 2 aromatic rings. The van der Waals surface area contributed by atoms with Crippen LogP contribution in [0.15, 0.2) is 24.3 Å². The fraction of sp³-hybridized carbons (Fsp3) is 0.545. The fourth-order valence-corrected chi connectivity index (χ4v) is 4.65. The predicted molar refractivity (Wildman–Crippen MR) is 122 cm³/mol. The van der Waals surface area contributed by atoms with Gasteiger partial charge in [-0.3, -0.25) is 9.59 Å². The van der Waals surface area contributed by atoms with Crippen molar-refractivity contribution in [1.82, 2.24) is 15.1 Å². The molecule has 0 aliphatic heterocycles. The zero-order valence-corrected chi connectivity index (χ0v) is 19.1. The van der Waals surface area contributed by atoms with Gasteiger partial charge < -0.3 is 10.2 Å². The van der Waals surface area contributed by atoms with E-state index < -0.39 is 0 Å². The quantitative estimate of drug-likeness (QED) is 0.587. The molecule has 0 radical (unpaired) electrons. The first-order chi connectivity index (χ1) is 14.4. The molecule has 162 valence electrons. The second-order valence-electron chi connectivity index (χ2n) is 8.19. The van der Waals surface area contributed by atoms with E-state index in [-0.39, 0.29) is 24.3 Å². The summed E-state index contributed by atoms with van der Waals surface area (Å²) in [6.45, 7) is 4.56. The maximum Gasteiger partial charge on any atom is 0.227 e. The highest BCUT2D eigenvalue weighted by atomic mass is 35.5. The van der Waals surface area contributed by atoms with Crippen LogP contribution >= 0.6 is 22.9 Å². The average molecular weight is 449 g/mol. The predicted octanol–water partition coefficient (Wildman–Crippen LogP) is 5.39. The molecule has 0 bridgehead atoms. The molecule has 0 unspecified atom stereocenters. The number of anilines is 1. The number of halogens is 1. The van der Waals surface area contributed by atoms with Gasteiger partial charge in [0.05, 0.1) is 0 Å². The molecule has 1 aromatic heterocycles. The highest BCUT2D eigenvalue weighted by Gasteiger charge is 2.26. The Hall–Kier alpha value is -1.99. The normalized spacial score (nSPS) is 14.7. The molecule has 30 heavy (non-hydrogen) atoms. The summed E-state index contributed by atoms with van der Waals surface area (Å²) in [5, 5.41) is 12.9. The Kier molecular flexibility index (Phi) is 8.22. The monoisotopic (exact) mass is 448 g/mol. The van der Waals surface area contributed by atoms with E-state index in [1.165, 1.54) is 17.8 Å². The summed E-state index contributed by atoms with van der Waals surface area (Å²) in [6, 6.07) is 7.60. The third kappa shape index (κ3) is 6.51. The summed E-state index contributed by atoms with van der Waals surface area (Å²) in [4.78, 5) is 27.2. The van der Waals surface area contributed by atoms with Crippen molar-refractivity contribution in [2.24, 2.45) is 5.92 Å². The van der Waals surface area contributed by atoms with Gasteiger partial charge in [-0.15, -0.1) is 10.2 Å². The molecule has 0 spiro atoms. The van der Waals surface area contributed by atoms with Crippen LogP contribution in [0.25, 0.3) is 10.6 Å². The number of rotatable bonds is 8. The zero-order chi connectivity index (χ0) is 21.5. The van der Waals surface area contributed by atoms with Crippen molar-refractivity contribution in [2.75, 3.05) is 11.9 Å². The van der Waals surface area contributed by atoms with Gasteiger partial charge in [0.2, 0.25) is 16.9 Å². The minimum atomic E-state index is -0.146. The van der Waals surface area contributed by atoms with Crippen molar-refractivity contribution >= 4 is 39.9 Å². The van der Waals surface area contributed by atoms with Gasteiger partial charge in [-0.25, -0.2) is 0 Å². The van der Waals surface area contributed by atoms with Gasteiger partial charge in [0, 0.05) is 36.0 Å². The highest BCUT2D eigenvalue weighted by Crippen LogP contribution is 2.28. The topological polar surface area (TPSA) is 75.2 Å². The third-order valence-electron chi connectivity index (χ3n) is 5.26. The molecule has 0 atom stereocenters. The number of benzene rings is 1. The van der Waals surface area contributed by atoms with Gasteiger partial charge >= 0.3 is 0 Å². The molecule has 2 amide bonds. The Balaban J connectivity index is 1.57. The van der Waals surface area contributed by atoms with Crippen molar-refractivity contribution in [3.63, 3.8) is 0 Å². The van der Waals surface area contributed by atoms with E-state index in [0.29, 0.717) is 29.0 Å². The molecule has 1 aromatic carbocycles. The Morgan fingerprint density at radius 1 is 1.17 bits per heavy atom. The minimum absolute atomic E-state index is 0.146. The molecule has 1 N–H and O–H groups in total. The van der Waals surface area contributed by atoms with Gasteiger partial charge in [0.25, 0.3) is 0 Å². The van der Waals surface area contributed by atoms with Crippen LogP contribution in [0.3, 0.4) is 0 Å². The number of nitrogens with one attached hydrogen (secondary N) is 1. The van der Waals surface area contributed by atoms with Crippen molar-refractivity contribution < 1.29 is 9.59 Å². The molecule has 3 rings (SSSR count). The first-order valence-corrected chi connectivity index (χ1v) is 11.8. The van der Waals surface area contributed by atoms with Crippen LogP contribution in [0.1, 0.15) is 58.8 Å². The van der Waals surface area contributed by atoms with E-state index in [2.05, 4.69) is 29.4 Å². The lowest BCUT2D eigenvalue weighted by Gasteiger charge is -2.35. The standard InChI is InChI=1S/C22H29ClN4O2S/c1-15(2)14-20(29)27(18-6-4-3-5-7-18)13-12-19(28)24-22-26-25-21(30-22)16-8-10-17(23)11-9-16/h8-11,15,18H,3-7,12-14H2,1-2H3,(H,24,26,28). The molecule has 1 fully saturated rings. The first-order valence-electron chi connectivity index (χ1n) is 10.6. The Bertz CT molecular complexity index is 847. The van der Waals surface area contributed by atoms with Gasteiger partial charge in [-0.2, -0.15) is 0 Å². The average Bonchev–Trinajstić information content (AvgIpc) is 3.17. The lowest BCUT2D eigenvalue weighted by Crippen LogP contribution is -2.43. The maximum atomic E-state index is 12.8.